The third-order valence-corrected chi connectivity index (χ3v) is 3.30. The van der Waals surface area contributed by atoms with Crippen molar-refractivity contribution in [1.29, 1.82) is 0 Å². The number of carbonyl (C=O) groups is 2. The Bertz CT molecular complexity index is 281. The van der Waals surface area contributed by atoms with Crippen LogP contribution in [0.4, 0.5) is 0 Å². The summed E-state index contributed by atoms with van der Waals surface area (Å²) in [6.07, 6.45) is 1.96. The highest BCUT2D eigenvalue weighted by atomic mass is 16.2. The average Bonchev–Trinajstić information content (AvgIpc) is 2.34. The number of rotatable bonds is 4. The lowest BCUT2D eigenvalue weighted by atomic mass is 9.94. The van der Waals surface area contributed by atoms with Gasteiger partial charge in [0.1, 0.15) is 0 Å². The first-order valence-corrected chi connectivity index (χ1v) is 6.29. The lowest BCUT2D eigenvalue weighted by Gasteiger charge is -2.27. The van der Waals surface area contributed by atoms with Gasteiger partial charge in [0, 0.05) is 13.6 Å². The minimum absolute atomic E-state index is 0.0512. The third kappa shape index (κ3) is 4.34. The predicted molar refractivity (Wildman–Crippen MR) is 66.5 cm³/mol. The van der Waals surface area contributed by atoms with Crippen molar-refractivity contribution in [3.63, 3.8) is 0 Å². The van der Waals surface area contributed by atoms with E-state index in [9.17, 15) is 9.59 Å². The second-order valence-corrected chi connectivity index (χ2v) is 4.76. The van der Waals surface area contributed by atoms with E-state index in [1.807, 2.05) is 6.92 Å². The maximum absolute atomic E-state index is 11.8. The number of amides is 2. The van der Waals surface area contributed by atoms with E-state index in [1.165, 1.54) is 0 Å². The van der Waals surface area contributed by atoms with Crippen molar-refractivity contribution < 1.29 is 9.59 Å². The molecule has 17 heavy (non-hydrogen) atoms. The Hall–Kier alpha value is -1.10. The summed E-state index contributed by atoms with van der Waals surface area (Å²) in [5.41, 5.74) is 0. The van der Waals surface area contributed by atoms with Crippen LogP contribution in [0.15, 0.2) is 0 Å². The number of piperidine rings is 1. The second kappa shape index (κ2) is 6.59. The standard InChI is InChI=1S/C12H23N3O2/c1-4-15(3)11(16)8-14-12(17)10-7-9(2)5-6-13-10/h9-10,13H,4-8H2,1-3H3,(H,14,17). The zero-order chi connectivity index (χ0) is 12.8. The quantitative estimate of drug-likeness (QED) is 0.726. The molecule has 0 aliphatic carbocycles. The number of likely N-dealkylation sites (N-methyl/N-ethyl adjacent to an activating group) is 1. The van der Waals surface area contributed by atoms with Gasteiger partial charge < -0.3 is 15.5 Å². The first-order valence-electron chi connectivity index (χ1n) is 6.29. The number of hydrogen-bond acceptors (Lipinski definition) is 3. The fraction of sp³-hybridized carbons (Fsp3) is 0.833. The zero-order valence-corrected chi connectivity index (χ0v) is 11.0. The normalized spacial score (nSPS) is 24.2. The van der Waals surface area contributed by atoms with Crippen LogP contribution in [-0.2, 0) is 9.59 Å². The third-order valence-electron chi connectivity index (χ3n) is 3.30. The van der Waals surface area contributed by atoms with Crippen LogP contribution in [0, 0.1) is 5.92 Å². The second-order valence-electron chi connectivity index (χ2n) is 4.76. The van der Waals surface area contributed by atoms with Crippen LogP contribution in [0.5, 0.6) is 0 Å². The Morgan fingerprint density at radius 1 is 1.47 bits per heavy atom. The largest absolute Gasteiger partial charge is 0.346 e. The van der Waals surface area contributed by atoms with Gasteiger partial charge in [-0.1, -0.05) is 6.92 Å². The highest BCUT2D eigenvalue weighted by molar-refractivity contribution is 5.87. The van der Waals surface area contributed by atoms with Crippen molar-refractivity contribution in [3.05, 3.63) is 0 Å². The molecule has 2 atom stereocenters. The van der Waals surface area contributed by atoms with Gasteiger partial charge in [0.15, 0.2) is 0 Å². The van der Waals surface area contributed by atoms with Gasteiger partial charge >= 0.3 is 0 Å². The maximum atomic E-state index is 11.8. The molecule has 5 heteroatoms. The smallest absolute Gasteiger partial charge is 0.241 e. The van der Waals surface area contributed by atoms with Gasteiger partial charge in [-0.05, 0) is 32.2 Å². The molecular weight excluding hydrogens is 218 g/mol. The lowest BCUT2D eigenvalue weighted by molar-refractivity contribution is -0.132. The highest BCUT2D eigenvalue weighted by Gasteiger charge is 2.24. The fourth-order valence-electron chi connectivity index (χ4n) is 1.90. The molecule has 2 unspecified atom stereocenters. The van der Waals surface area contributed by atoms with Crippen LogP contribution in [-0.4, -0.2) is 49.4 Å². The summed E-state index contributed by atoms with van der Waals surface area (Å²) < 4.78 is 0. The van der Waals surface area contributed by atoms with E-state index in [4.69, 9.17) is 0 Å². The van der Waals surface area contributed by atoms with Crippen LogP contribution in [0.2, 0.25) is 0 Å². The van der Waals surface area contributed by atoms with Crippen molar-refractivity contribution in [1.82, 2.24) is 15.5 Å². The summed E-state index contributed by atoms with van der Waals surface area (Å²) in [5, 5.41) is 5.87. The Balaban J connectivity index is 2.31. The molecule has 2 amide bonds. The molecule has 0 bridgehead atoms. The monoisotopic (exact) mass is 241 g/mol. The van der Waals surface area contributed by atoms with E-state index >= 15 is 0 Å². The van der Waals surface area contributed by atoms with Gasteiger partial charge in [0.25, 0.3) is 0 Å². The minimum Gasteiger partial charge on any atom is -0.346 e. The van der Waals surface area contributed by atoms with Crippen LogP contribution in [0.3, 0.4) is 0 Å². The molecule has 0 spiro atoms. The first kappa shape index (κ1) is 14.0. The molecule has 1 aliphatic heterocycles. The lowest BCUT2D eigenvalue weighted by Crippen LogP contribution is -2.50. The molecule has 1 rings (SSSR count). The molecule has 0 aromatic carbocycles. The van der Waals surface area contributed by atoms with E-state index in [-0.39, 0.29) is 24.4 Å². The number of nitrogens with zero attached hydrogens (tertiary/aromatic N) is 1. The van der Waals surface area contributed by atoms with Crippen molar-refractivity contribution in [2.45, 2.75) is 32.7 Å². The zero-order valence-electron chi connectivity index (χ0n) is 11.0. The number of nitrogens with one attached hydrogen (secondary N) is 2. The van der Waals surface area contributed by atoms with Crippen molar-refractivity contribution >= 4 is 11.8 Å². The molecule has 0 aromatic rings. The van der Waals surface area contributed by atoms with Gasteiger partial charge in [-0.2, -0.15) is 0 Å². The summed E-state index contributed by atoms with van der Waals surface area (Å²) in [5.74, 6) is 0.458. The van der Waals surface area contributed by atoms with Crippen LogP contribution in [0.1, 0.15) is 26.7 Å². The van der Waals surface area contributed by atoms with Gasteiger partial charge in [0.2, 0.25) is 11.8 Å². The number of carbonyl (C=O) groups excluding carboxylic acids is 2. The highest BCUT2D eigenvalue weighted by Crippen LogP contribution is 2.14. The number of hydrogen-bond donors (Lipinski definition) is 2. The van der Waals surface area contributed by atoms with E-state index in [2.05, 4.69) is 17.6 Å². The van der Waals surface area contributed by atoms with Crippen LogP contribution < -0.4 is 10.6 Å². The molecule has 0 aromatic heterocycles. The molecule has 1 heterocycles. The SMILES string of the molecule is CCN(C)C(=O)CNC(=O)C1CC(C)CCN1. The van der Waals surface area contributed by atoms with Crippen LogP contribution >= 0.6 is 0 Å². The Morgan fingerprint density at radius 3 is 2.76 bits per heavy atom. The summed E-state index contributed by atoms with van der Waals surface area (Å²) in [4.78, 5) is 24.9. The van der Waals surface area contributed by atoms with Crippen LogP contribution in [0.25, 0.3) is 0 Å². The topological polar surface area (TPSA) is 61.4 Å². The molecular formula is C12H23N3O2. The Labute approximate surface area is 103 Å². The van der Waals surface area contributed by atoms with E-state index in [0.717, 1.165) is 19.4 Å². The molecule has 98 valence electrons. The Kier molecular flexibility index (Phi) is 5.41. The van der Waals surface area contributed by atoms with Gasteiger partial charge in [-0.3, -0.25) is 9.59 Å². The van der Waals surface area contributed by atoms with Crippen molar-refractivity contribution in [2.75, 3.05) is 26.7 Å². The van der Waals surface area contributed by atoms with Crippen molar-refractivity contribution in [3.8, 4) is 0 Å². The molecule has 2 N–H and O–H groups in total. The van der Waals surface area contributed by atoms with E-state index < -0.39 is 0 Å². The Morgan fingerprint density at radius 2 is 2.18 bits per heavy atom. The molecule has 5 nitrogen and oxygen atoms in total. The van der Waals surface area contributed by atoms with E-state index in [1.54, 1.807) is 11.9 Å². The molecule has 0 saturated carbocycles. The molecule has 1 saturated heterocycles. The van der Waals surface area contributed by atoms with E-state index in [0.29, 0.717) is 12.5 Å². The molecule has 1 aliphatic rings. The fourth-order valence-corrected chi connectivity index (χ4v) is 1.90. The molecule has 0 radical (unpaired) electrons. The summed E-state index contributed by atoms with van der Waals surface area (Å²) in [6.45, 7) is 5.69. The minimum atomic E-state index is -0.140. The maximum Gasteiger partial charge on any atom is 0.241 e. The summed E-state index contributed by atoms with van der Waals surface area (Å²) in [7, 11) is 1.73. The van der Waals surface area contributed by atoms with Crippen molar-refractivity contribution in [2.24, 2.45) is 5.92 Å². The van der Waals surface area contributed by atoms with Gasteiger partial charge in [0.05, 0.1) is 12.6 Å². The van der Waals surface area contributed by atoms with Gasteiger partial charge in [-0.15, -0.1) is 0 Å². The first-order chi connectivity index (χ1) is 8.04. The van der Waals surface area contributed by atoms with Gasteiger partial charge in [-0.25, -0.2) is 0 Å². The predicted octanol–water partition coefficient (Wildman–Crippen LogP) is -0.0310. The summed E-state index contributed by atoms with van der Waals surface area (Å²) >= 11 is 0. The molecule has 1 fully saturated rings. The summed E-state index contributed by atoms with van der Waals surface area (Å²) in [6, 6.07) is -0.140. The average molecular weight is 241 g/mol.